The molecule has 1 aliphatic heterocycles. The van der Waals surface area contributed by atoms with Gasteiger partial charge in [0, 0.05) is 47.7 Å². The van der Waals surface area contributed by atoms with Crippen molar-refractivity contribution in [3.8, 4) is 0 Å². The summed E-state index contributed by atoms with van der Waals surface area (Å²) in [7, 11) is -2.57. The first-order chi connectivity index (χ1) is 17.8. The van der Waals surface area contributed by atoms with Gasteiger partial charge in [-0.05, 0) is 24.3 Å². The molecule has 36 heavy (non-hydrogen) atoms. The molecule has 6 aromatic rings. The Balaban J connectivity index is 1.26. The topological polar surface area (TPSA) is 59.0 Å². The summed E-state index contributed by atoms with van der Waals surface area (Å²) in [5.74, 6) is 0. The fraction of sp³-hybridized carbons (Fsp3) is 0.143. The molecule has 8 heteroatoms. The van der Waals surface area contributed by atoms with Gasteiger partial charge in [-0.2, -0.15) is 0 Å². The summed E-state index contributed by atoms with van der Waals surface area (Å²) < 4.78 is 30.5. The summed E-state index contributed by atoms with van der Waals surface area (Å²) in [5.41, 5.74) is 3.46. The third-order valence-electron chi connectivity index (χ3n) is 6.53. The molecule has 0 N–H and O–H groups in total. The number of benzene rings is 4. The van der Waals surface area contributed by atoms with Gasteiger partial charge in [-0.15, -0.1) is 0 Å². The van der Waals surface area contributed by atoms with Crippen molar-refractivity contribution in [3.05, 3.63) is 97.1 Å². The Kier molecular flexibility index (Phi) is 5.61. The van der Waals surface area contributed by atoms with Crippen LogP contribution in [0.5, 0.6) is 0 Å². The zero-order valence-electron chi connectivity index (χ0n) is 19.5. The number of hydrogen-bond acceptors (Lipinski definition) is 6. The zero-order chi connectivity index (χ0) is 23.9. The summed E-state index contributed by atoms with van der Waals surface area (Å²) in [5, 5.41) is 4.27. The van der Waals surface area contributed by atoms with Gasteiger partial charge in [0.15, 0.2) is 0 Å². The predicted octanol–water partition coefficient (Wildman–Crippen LogP) is 8.48. The number of para-hydroxylation sites is 4. The van der Waals surface area contributed by atoms with Crippen LogP contribution in [0.15, 0.2) is 114 Å². The number of fused-ring (bicyclic) bond motifs is 6. The highest BCUT2D eigenvalue weighted by atomic mass is 31.1. The smallest absolute Gasteiger partial charge is 0.309 e. The molecule has 0 amide bonds. The third kappa shape index (κ3) is 3.93. The average Bonchev–Trinajstić information content (AvgIpc) is 3.21. The molecule has 0 spiro atoms. The van der Waals surface area contributed by atoms with E-state index in [1.165, 1.54) is 0 Å². The van der Waals surface area contributed by atoms with E-state index >= 15 is 0 Å². The van der Waals surface area contributed by atoms with Gasteiger partial charge in [0.05, 0.1) is 0 Å². The fourth-order valence-electron chi connectivity index (χ4n) is 4.69. The highest BCUT2D eigenvalue weighted by Gasteiger charge is 2.25. The molecule has 2 aromatic heterocycles. The minimum Gasteiger partial charge on any atom is -0.408 e. The van der Waals surface area contributed by atoms with Crippen molar-refractivity contribution in [3.63, 3.8) is 0 Å². The number of hydrogen-bond donors (Lipinski definition) is 0. The van der Waals surface area contributed by atoms with Crippen molar-refractivity contribution in [2.24, 2.45) is 0 Å². The van der Waals surface area contributed by atoms with Crippen LogP contribution >= 0.6 is 16.3 Å². The second-order valence-electron chi connectivity index (χ2n) is 8.73. The molecular weight excluding hydrogens is 490 g/mol. The van der Waals surface area contributed by atoms with E-state index in [1.54, 1.807) is 0 Å². The molecule has 0 atom stereocenters. The summed E-state index contributed by atoms with van der Waals surface area (Å²) >= 11 is 0. The van der Waals surface area contributed by atoms with E-state index in [-0.39, 0.29) is 0 Å². The van der Waals surface area contributed by atoms with E-state index in [4.69, 9.17) is 16.8 Å². The largest absolute Gasteiger partial charge is 0.408 e. The first-order valence-corrected chi connectivity index (χ1v) is 14.3. The average molecular weight is 514 g/mol. The van der Waals surface area contributed by atoms with Gasteiger partial charge < -0.3 is 16.8 Å². The summed E-state index contributed by atoms with van der Waals surface area (Å²) in [4.78, 5) is 0. The number of rotatable bonds is 2. The van der Waals surface area contributed by atoms with Crippen LogP contribution in [0.25, 0.3) is 43.9 Å². The van der Waals surface area contributed by atoms with Gasteiger partial charge in [-0.3, -0.25) is 0 Å². The SMILES string of the molecule is c1ccc2c(c1)op(N1CCN(p3oc4ccccc4c4ccccc4o3)CC1)oc1ccccc12. The summed E-state index contributed by atoms with van der Waals surface area (Å²) in [6.07, 6.45) is 0. The molecule has 3 heterocycles. The molecule has 180 valence electrons. The zero-order valence-corrected chi connectivity index (χ0v) is 21.3. The fourth-order valence-corrected chi connectivity index (χ4v) is 7.55. The van der Waals surface area contributed by atoms with Crippen molar-refractivity contribution in [2.75, 3.05) is 35.5 Å². The van der Waals surface area contributed by atoms with Gasteiger partial charge >= 0.3 is 16.3 Å². The van der Waals surface area contributed by atoms with Crippen LogP contribution in [0.2, 0.25) is 0 Å². The van der Waals surface area contributed by atoms with E-state index in [0.717, 1.165) is 70.1 Å². The molecule has 1 saturated heterocycles. The Morgan fingerprint density at radius 2 is 0.639 bits per heavy atom. The van der Waals surface area contributed by atoms with Crippen LogP contribution in [-0.2, 0) is 0 Å². The maximum atomic E-state index is 6.47. The Bertz CT molecular complexity index is 1540. The second-order valence-corrected chi connectivity index (χ2v) is 11.5. The van der Waals surface area contributed by atoms with Gasteiger partial charge in [0.1, 0.15) is 22.3 Å². The van der Waals surface area contributed by atoms with E-state index in [1.807, 2.05) is 72.8 Å². The van der Waals surface area contributed by atoms with Crippen molar-refractivity contribution in [1.82, 2.24) is 0 Å². The third-order valence-corrected chi connectivity index (χ3v) is 9.66. The van der Waals surface area contributed by atoms with Crippen molar-refractivity contribution < 1.29 is 16.8 Å². The van der Waals surface area contributed by atoms with Crippen LogP contribution in [0, 0.1) is 0 Å². The normalized spacial score (nSPS) is 15.1. The van der Waals surface area contributed by atoms with Crippen LogP contribution in [0.1, 0.15) is 0 Å². The Hall–Kier alpha value is -3.40. The molecule has 0 bridgehead atoms. The Labute approximate surface area is 209 Å². The Morgan fingerprint density at radius 1 is 0.389 bits per heavy atom. The van der Waals surface area contributed by atoms with Gasteiger partial charge in [-0.25, -0.2) is 9.34 Å². The molecule has 7 rings (SSSR count). The van der Waals surface area contributed by atoms with Gasteiger partial charge in [0.2, 0.25) is 0 Å². The second kappa shape index (κ2) is 9.24. The first kappa shape index (κ1) is 21.8. The first-order valence-electron chi connectivity index (χ1n) is 12.0. The number of piperazine rings is 1. The Morgan fingerprint density at radius 3 is 0.917 bits per heavy atom. The molecule has 0 radical (unpaired) electrons. The quantitative estimate of drug-likeness (QED) is 0.231. The predicted molar refractivity (Wildman–Crippen MR) is 149 cm³/mol. The van der Waals surface area contributed by atoms with Crippen LogP contribution in [-0.4, -0.2) is 26.2 Å². The molecule has 0 saturated carbocycles. The lowest BCUT2D eigenvalue weighted by Gasteiger charge is -2.29. The highest BCUT2D eigenvalue weighted by Crippen LogP contribution is 2.40. The maximum absolute atomic E-state index is 6.47. The maximum Gasteiger partial charge on any atom is 0.309 e. The molecule has 0 unspecified atom stereocenters. The molecule has 1 fully saturated rings. The van der Waals surface area contributed by atoms with Crippen molar-refractivity contribution in [1.29, 1.82) is 0 Å². The van der Waals surface area contributed by atoms with E-state index < -0.39 is 16.3 Å². The van der Waals surface area contributed by atoms with E-state index in [9.17, 15) is 0 Å². The van der Waals surface area contributed by atoms with Crippen LogP contribution in [0.3, 0.4) is 0 Å². The van der Waals surface area contributed by atoms with Crippen LogP contribution < -0.4 is 9.34 Å². The van der Waals surface area contributed by atoms with Crippen molar-refractivity contribution in [2.45, 2.75) is 0 Å². The standard InChI is InChI=1S/C28H24N2O4P2/c1-5-13-25-21(9-1)22-10-2-6-14-26(22)32-35(31-25)29-17-19-30(20-18-29)36-33-27-15-7-3-11-23(27)24-12-4-8-16-28(24)34-36/h1-16H,17-20H2. The molecule has 6 nitrogen and oxygen atoms in total. The van der Waals surface area contributed by atoms with Gasteiger partial charge in [0.25, 0.3) is 0 Å². The minimum absolute atomic E-state index is 0.797. The molecular formula is C28H24N2O4P2. The number of nitrogens with zero attached hydrogens (tertiary/aromatic N) is 2. The lowest BCUT2D eigenvalue weighted by Crippen LogP contribution is -2.44. The minimum atomic E-state index is -1.28. The lowest BCUT2D eigenvalue weighted by atomic mass is 10.1. The van der Waals surface area contributed by atoms with Crippen molar-refractivity contribution >= 4 is 60.2 Å². The van der Waals surface area contributed by atoms with E-state index in [2.05, 4.69) is 33.6 Å². The molecule has 4 aromatic carbocycles. The summed E-state index contributed by atoms with van der Waals surface area (Å²) in [6, 6.07) is 32.7. The lowest BCUT2D eigenvalue weighted by molar-refractivity contribution is 0.582. The highest BCUT2D eigenvalue weighted by molar-refractivity contribution is 7.39. The van der Waals surface area contributed by atoms with Gasteiger partial charge in [-0.1, -0.05) is 72.8 Å². The molecule has 1 aliphatic rings. The van der Waals surface area contributed by atoms with Crippen LogP contribution in [0.4, 0.5) is 0 Å². The molecule has 0 aliphatic carbocycles. The monoisotopic (exact) mass is 514 g/mol. The van der Waals surface area contributed by atoms with E-state index in [0.29, 0.717) is 0 Å². The summed E-state index contributed by atoms with van der Waals surface area (Å²) in [6.45, 7) is 3.19.